The Kier molecular flexibility index (Phi) is 3.95. The molecule has 0 unspecified atom stereocenters. The quantitative estimate of drug-likeness (QED) is 0.345. The average molecular weight is 388 g/mol. The summed E-state index contributed by atoms with van der Waals surface area (Å²) in [6, 6.07) is 24.1. The Bertz CT molecular complexity index is 1470. The van der Waals surface area contributed by atoms with Crippen LogP contribution in [0.25, 0.3) is 43.1 Å². The molecule has 0 spiro atoms. The van der Waals surface area contributed by atoms with E-state index in [0.29, 0.717) is 22.6 Å². The van der Waals surface area contributed by atoms with Gasteiger partial charge in [0.25, 0.3) is 0 Å². The normalized spacial score (nSPS) is 10.9. The lowest BCUT2D eigenvalue weighted by atomic mass is 9.89. The summed E-state index contributed by atoms with van der Waals surface area (Å²) >= 11 is 0. The van der Waals surface area contributed by atoms with Crippen LogP contribution in [0, 0.1) is 22.7 Å². The van der Waals surface area contributed by atoms with Gasteiger partial charge >= 0.3 is 0 Å². The summed E-state index contributed by atoms with van der Waals surface area (Å²) in [5, 5.41) is 27.2. The first kappa shape index (κ1) is 17.8. The number of hydrogen-bond donors (Lipinski definition) is 0. The second kappa shape index (κ2) is 6.65. The van der Waals surface area contributed by atoms with Crippen molar-refractivity contribution < 1.29 is 9.47 Å². The molecule has 0 N–H and O–H groups in total. The molecule has 0 atom stereocenters. The van der Waals surface area contributed by atoms with Crippen molar-refractivity contribution in [3.05, 3.63) is 71.8 Å². The molecule has 0 bridgehead atoms. The molecule has 0 aromatic heterocycles. The largest absolute Gasteiger partial charge is 0.497 e. The molecule has 0 aliphatic heterocycles. The second-order valence-corrected chi connectivity index (χ2v) is 7.16. The molecule has 4 heteroatoms. The summed E-state index contributed by atoms with van der Waals surface area (Å²) in [6.07, 6.45) is 0. The lowest BCUT2D eigenvalue weighted by Crippen LogP contribution is -1.91. The Hall–Kier alpha value is -4.28. The predicted octanol–water partition coefficient (Wildman–Crippen LogP) is 6.06. The Morgan fingerprint density at radius 2 is 1.00 bits per heavy atom. The number of benzene rings is 5. The van der Waals surface area contributed by atoms with E-state index < -0.39 is 0 Å². The minimum atomic E-state index is 0.607. The van der Waals surface area contributed by atoms with Crippen LogP contribution in [-0.4, -0.2) is 14.2 Å². The van der Waals surface area contributed by atoms with Gasteiger partial charge in [-0.15, -0.1) is 0 Å². The standard InChI is InChI=1S/C26H16N2O2/c1-29-19-5-7-21-23(11-19)17(13-27)9-15-3-4-16-10-18(14-28)24-12-20(30-2)6-8-22(24)26(16)25(15)21/h3-12H,1-2H3. The van der Waals surface area contributed by atoms with Crippen molar-refractivity contribution >= 4 is 43.1 Å². The van der Waals surface area contributed by atoms with Gasteiger partial charge < -0.3 is 9.47 Å². The van der Waals surface area contributed by atoms with Gasteiger partial charge in [0.2, 0.25) is 0 Å². The van der Waals surface area contributed by atoms with Crippen molar-refractivity contribution in [2.24, 2.45) is 0 Å². The van der Waals surface area contributed by atoms with E-state index in [9.17, 15) is 10.5 Å². The molecule has 5 rings (SSSR count). The number of nitrogens with zero attached hydrogens (tertiary/aromatic N) is 2. The fourth-order valence-electron chi connectivity index (χ4n) is 4.29. The zero-order valence-corrected chi connectivity index (χ0v) is 16.5. The molecule has 0 fully saturated rings. The van der Waals surface area contributed by atoms with Crippen molar-refractivity contribution in [3.8, 4) is 23.6 Å². The maximum atomic E-state index is 9.73. The van der Waals surface area contributed by atoms with E-state index in [1.807, 2.05) is 60.7 Å². The van der Waals surface area contributed by atoms with Gasteiger partial charge in [0.15, 0.2) is 0 Å². The van der Waals surface area contributed by atoms with Gasteiger partial charge in [0.1, 0.15) is 11.5 Å². The summed E-state index contributed by atoms with van der Waals surface area (Å²) in [5.41, 5.74) is 1.21. The van der Waals surface area contributed by atoms with Gasteiger partial charge in [0.05, 0.1) is 37.5 Å². The van der Waals surface area contributed by atoms with E-state index in [1.54, 1.807) is 14.2 Å². The number of rotatable bonds is 2. The van der Waals surface area contributed by atoms with E-state index in [0.717, 1.165) is 43.1 Å². The number of hydrogen-bond acceptors (Lipinski definition) is 4. The van der Waals surface area contributed by atoms with Crippen molar-refractivity contribution in [2.75, 3.05) is 14.2 Å². The molecule has 5 aromatic carbocycles. The molecular weight excluding hydrogens is 372 g/mol. The van der Waals surface area contributed by atoms with Gasteiger partial charge in [-0.3, -0.25) is 0 Å². The van der Waals surface area contributed by atoms with Crippen LogP contribution in [0.1, 0.15) is 11.1 Å². The third-order valence-corrected chi connectivity index (χ3v) is 5.68. The van der Waals surface area contributed by atoms with E-state index in [1.165, 1.54) is 0 Å². The molecule has 0 heterocycles. The molecule has 0 aliphatic rings. The third kappa shape index (κ3) is 2.45. The first-order chi connectivity index (χ1) is 14.7. The van der Waals surface area contributed by atoms with E-state index >= 15 is 0 Å². The molecule has 0 saturated carbocycles. The second-order valence-electron chi connectivity index (χ2n) is 7.16. The fraction of sp³-hybridized carbons (Fsp3) is 0.0769. The predicted molar refractivity (Wildman–Crippen MR) is 119 cm³/mol. The summed E-state index contributed by atoms with van der Waals surface area (Å²) in [5.74, 6) is 1.42. The van der Waals surface area contributed by atoms with Crippen molar-refractivity contribution in [1.29, 1.82) is 10.5 Å². The molecular formula is C26H16N2O2. The minimum Gasteiger partial charge on any atom is -0.497 e. The monoisotopic (exact) mass is 388 g/mol. The summed E-state index contributed by atoms with van der Waals surface area (Å²) in [6.45, 7) is 0. The van der Waals surface area contributed by atoms with Gasteiger partial charge in [-0.1, -0.05) is 24.3 Å². The Labute approximate surface area is 173 Å². The Morgan fingerprint density at radius 1 is 0.567 bits per heavy atom. The maximum absolute atomic E-state index is 9.73. The molecule has 30 heavy (non-hydrogen) atoms. The Balaban J connectivity index is 2.08. The van der Waals surface area contributed by atoms with Crippen LogP contribution in [0.5, 0.6) is 11.5 Å². The van der Waals surface area contributed by atoms with Crippen LogP contribution >= 0.6 is 0 Å². The molecule has 5 aromatic rings. The first-order valence-corrected chi connectivity index (χ1v) is 9.46. The van der Waals surface area contributed by atoms with E-state index in [-0.39, 0.29) is 0 Å². The first-order valence-electron chi connectivity index (χ1n) is 9.46. The topological polar surface area (TPSA) is 66.0 Å². The van der Waals surface area contributed by atoms with Crippen LogP contribution < -0.4 is 9.47 Å². The molecule has 0 radical (unpaired) electrons. The van der Waals surface area contributed by atoms with Gasteiger partial charge in [-0.25, -0.2) is 0 Å². The number of ether oxygens (including phenoxy) is 2. The highest BCUT2D eigenvalue weighted by molar-refractivity contribution is 6.28. The van der Waals surface area contributed by atoms with Crippen LogP contribution in [0.15, 0.2) is 60.7 Å². The number of fused-ring (bicyclic) bond motifs is 7. The Morgan fingerprint density at radius 3 is 1.37 bits per heavy atom. The van der Waals surface area contributed by atoms with Crippen LogP contribution in [0.2, 0.25) is 0 Å². The number of methoxy groups -OCH3 is 2. The SMILES string of the molecule is COc1ccc2c(c1)c(C#N)cc1ccc3cc(C#N)c4cc(OC)ccc4c3c12. The zero-order valence-electron chi connectivity index (χ0n) is 16.5. The van der Waals surface area contributed by atoms with Crippen LogP contribution in [0.4, 0.5) is 0 Å². The maximum Gasteiger partial charge on any atom is 0.119 e. The molecule has 142 valence electrons. The molecule has 0 saturated heterocycles. The molecule has 0 amide bonds. The van der Waals surface area contributed by atoms with E-state index in [2.05, 4.69) is 12.1 Å². The van der Waals surface area contributed by atoms with Crippen LogP contribution in [-0.2, 0) is 0 Å². The molecule has 4 nitrogen and oxygen atoms in total. The van der Waals surface area contributed by atoms with Crippen LogP contribution in [0.3, 0.4) is 0 Å². The number of nitriles is 2. The van der Waals surface area contributed by atoms with Crippen molar-refractivity contribution in [2.45, 2.75) is 0 Å². The summed E-state index contributed by atoms with van der Waals surface area (Å²) in [4.78, 5) is 0. The summed E-state index contributed by atoms with van der Waals surface area (Å²) in [7, 11) is 3.24. The minimum absolute atomic E-state index is 0.607. The zero-order chi connectivity index (χ0) is 20.8. The lowest BCUT2D eigenvalue weighted by Gasteiger charge is -2.14. The lowest BCUT2D eigenvalue weighted by molar-refractivity contribution is 0.415. The van der Waals surface area contributed by atoms with E-state index in [4.69, 9.17) is 9.47 Å². The fourth-order valence-corrected chi connectivity index (χ4v) is 4.29. The highest BCUT2D eigenvalue weighted by Gasteiger charge is 2.15. The smallest absolute Gasteiger partial charge is 0.119 e. The van der Waals surface area contributed by atoms with Gasteiger partial charge in [-0.05, 0) is 68.7 Å². The van der Waals surface area contributed by atoms with Crippen molar-refractivity contribution in [3.63, 3.8) is 0 Å². The highest BCUT2D eigenvalue weighted by atomic mass is 16.5. The summed E-state index contributed by atoms with van der Waals surface area (Å²) < 4.78 is 10.8. The third-order valence-electron chi connectivity index (χ3n) is 5.68. The molecule has 0 aliphatic carbocycles. The highest BCUT2D eigenvalue weighted by Crippen LogP contribution is 2.40. The van der Waals surface area contributed by atoms with Gasteiger partial charge in [-0.2, -0.15) is 10.5 Å². The van der Waals surface area contributed by atoms with Gasteiger partial charge in [0, 0.05) is 10.8 Å². The average Bonchev–Trinajstić information content (AvgIpc) is 2.81. The van der Waals surface area contributed by atoms with Crippen molar-refractivity contribution in [1.82, 2.24) is 0 Å².